The van der Waals surface area contributed by atoms with Crippen molar-refractivity contribution in [2.45, 2.75) is 39.7 Å². The third-order valence-corrected chi connectivity index (χ3v) is 3.03. The first-order valence-electron chi connectivity index (χ1n) is 6.78. The molecule has 1 aliphatic rings. The third kappa shape index (κ3) is 4.98. The van der Waals surface area contributed by atoms with Gasteiger partial charge in [0.2, 0.25) is 5.89 Å². The van der Waals surface area contributed by atoms with Gasteiger partial charge in [-0.1, -0.05) is 19.0 Å². The van der Waals surface area contributed by atoms with E-state index in [1.54, 1.807) is 0 Å². The summed E-state index contributed by atoms with van der Waals surface area (Å²) in [4.78, 5) is 17.0. The summed E-state index contributed by atoms with van der Waals surface area (Å²) in [7, 11) is 0. The van der Waals surface area contributed by atoms with Crippen LogP contribution in [0.3, 0.4) is 0 Å². The zero-order chi connectivity index (χ0) is 13.8. The first-order chi connectivity index (χ1) is 9.02. The summed E-state index contributed by atoms with van der Waals surface area (Å²) in [5.41, 5.74) is 0. The molecule has 2 rings (SSSR count). The molecule has 1 fully saturated rings. The minimum Gasteiger partial charge on any atom is -0.480 e. The average molecular weight is 267 g/mol. The van der Waals surface area contributed by atoms with Gasteiger partial charge in [-0.2, -0.15) is 4.98 Å². The highest BCUT2D eigenvalue weighted by atomic mass is 16.5. The summed E-state index contributed by atoms with van der Waals surface area (Å²) < 4.78 is 5.17. The van der Waals surface area contributed by atoms with E-state index < -0.39 is 5.97 Å². The van der Waals surface area contributed by atoms with Gasteiger partial charge in [-0.25, -0.2) is 0 Å². The molecular formula is C13H21N3O3. The molecule has 0 radical (unpaired) electrons. The number of rotatable bonds is 8. The van der Waals surface area contributed by atoms with Gasteiger partial charge in [0.1, 0.15) is 0 Å². The molecule has 1 aliphatic carbocycles. The zero-order valence-corrected chi connectivity index (χ0v) is 11.5. The van der Waals surface area contributed by atoms with Gasteiger partial charge in [0.15, 0.2) is 5.82 Å². The van der Waals surface area contributed by atoms with E-state index in [1.807, 2.05) is 4.90 Å². The molecule has 1 saturated carbocycles. The van der Waals surface area contributed by atoms with E-state index in [9.17, 15) is 4.79 Å². The molecule has 106 valence electrons. The normalized spacial score (nSPS) is 15.4. The van der Waals surface area contributed by atoms with Gasteiger partial charge in [0, 0.05) is 13.0 Å². The average Bonchev–Trinajstić information content (AvgIpc) is 2.98. The van der Waals surface area contributed by atoms with Gasteiger partial charge in [0.05, 0.1) is 13.1 Å². The number of aromatic nitrogens is 2. The standard InChI is InChI=1S/C13H21N3O3/c1-9(2)5-12-14-11(15-19-12)7-16(8-13(17)18)6-10-3-4-10/h9-10H,3-8H2,1-2H3,(H,17,18). The van der Waals surface area contributed by atoms with Gasteiger partial charge >= 0.3 is 5.97 Å². The van der Waals surface area contributed by atoms with E-state index in [0.717, 1.165) is 13.0 Å². The Kier molecular flexibility index (Phi) is 4.52. The Bertz CT molecular complexity index is 427. The quantitative estimate of drug-likeness (QED) is 0.770. The van der Waals surface area contributed by atoms with Crippen LogP contribution in [-0.2, 0) is 17.8 Å². The number of carbonyl (C=O) groups is 1. The fraction of sp³-hybridized carbons (Fsp3) is 0.769. The van der Waals surface area contributed by atoms with E-state index in [4.69, 9.17) is 9.63 Å². The van der Waals surface area contributed by atoms with Crippen molar-refractivity contribution in [2.24, 2.45) is 11.8 Å². The first kappa shape index (κ1) is 14.0. The van der Waals surface area contributed by atoms with Crippen LogP contribution in [0.2, 0.25) is 0 Å². The molecule has 0 atom stereocenters. The van der Waals surface area contributed by atoms with Gasteiger partial charge in [0.25, 0.3) is 0 Å². The summed E-state index contributed by atoms with van der Waals surface area (Å²) in [6.45, 7) is 5.47. The van der Waals surface area contributed by atoms with Gasteiger partial charge < -0.3 is 9.63 Å². The van der Waals surface area contributed by atoms with Crippen LogP contribution in [0.4, 0.5) is 0 Å². The maximum atomic E-state index is 10.8. The lowest BCUT2D eigenvalue weighted by Crippen LogP contribution is -2.31. The van der Waals surface area contributed by atoms with Crippen molar-refractivity contribution in [1.29, 1.82) is 0 Å². The second kappa shape index (κ2) is 6.14. The molecule has 1 aromatic rings. The summed E-state index contributed by atoms with van der Waals surface area (Å²) in [5.74, 6) is 1.51. The van der Waals surface area contributed by atoms with Crippen LogP contribution in [0.25, 0.3) is 0 Å². The van der Waals surface area contributed by atoms with Crippen molar-refractivity contribution in [2.75, 3.05) is 13.1 Å². The maximum Gasteiger partial charge on any atom is 0.317 e. The minimum atomic E-state index is -0.813. The van der Waals surface area contributed by atoms with E-state index in [1.165, 1.54) is 12.8 Å². The Morgan fingerprint density at radius 1 is 1.53 bits per heavy atom. The first-order valence-corrected chi connectivity index (χ1v) is 6.78. The molecule has 0 spiro atoms. The lowest BCUT2D eigenvalue weighted by molar-refractivity contribution is -0.138. The van der Waals surface area contributed by atoms with Crippen molar-refractivity contribution in [3.8, 4) is 0 Å². The predicted molar refractivity (Wildman–Crippen MR) is 68.5 cm³/mol. The smallest absolute Gasteiger partial charge is 0.317 e. The van der Waals surface area contributed by atoms with E-state index in [0.29, 0.717) is 30.1 Å². The summed E-state index contributed by atoms with van der Waals surface area (Å²) in [5, 5.41) is 12.8. The van der Waals surface area contributed by atoms with Gasteiger partial charge in [-0.15, -0.1) is 0 Å². The Morgan fingerprint density at radius 3 is 2.84 bits per heavy atom. The Morgan fingerprint density at radius 2 is 2.26 bits per heavy atom. The van der Waals surface area contributed by atoms with Crippen LogP contribution in [0.5, 0.6) is 0 Å². The molecule has 6 nitrogen and oxygen atoms in total. The van der Waals surface area contributed by atoms with Gasteiger partial charge in [-0.05, 0) is 24.7 Å². The maximum absolute atomic E-state index is 10.8. The lowest BCUT2D eigenvalue weighted by Gasteiger charge is -2.17. The Balaban J connectivity index is 1.91. The molecule has 0 aliphatic heterocycles. The van der Waals surface area contributed by atoms with Gasteiger partial charge in [-0.3, -0.25) is 9.69 Å². The molecule has 1 aromatic heterocycles. The highest BCUT2D eigenvalue weighted by Crippen LogP contribution is 2.29. The topological polar surface area (TPSA) is 79.5 Å². The van der Waals surface area contributed by atoms with Crippen molar-refractivity contribution in [3.05, 3.63) is 11.7 Å². The number of carboxylic acid groups (broad SMARTS) is 1. The van der Waals surface area contributed by atoms with Crippen LogP contribution in [0, 0.1) is 11.8 Å². The number of carboxylic acids is 1. The highest BCUT2D eigenvalue weighted by molar-refractivity contribution is 5.69. The Labute approximate surface area is 112 Å². The fourth-order valence-corrected chi connectivity index (χ4v) is 2.03. The number of hydrogen-bond acceptors (Lipinski definition) is 5. The summed E-state index contributed by atoms with van der Waals surface area (Å²) >= 11 is 0. The molecule has 19 heavy (non-hydrogen) atoms. The molecule has 1 N–H and O–H groups in total. The van der Waals surface area contributed by atoms with Crippen LogP contribution < -0.4 is 0 Å². The summed E-state index contributed by atoms with van der Waals surface area (Å²) in [6.07, 6.45) is 3.15. The molecular weight excluding hydrogens is 246 g/mol. The second-order valence-electron chi connectivity index (χ2n) is 5.71. The van der Waals surface area contributed by atoms with Crippen LogP contribution in [0.15, 0.2) is 4.52 Å². The SMILES string of the molecule is CC(C)Cc1nc(CN(CC(=O)O)CC2CC2)no1. The minimum absolute atomic E-state index is 0.0323. The second-order valence-corrected chi connectivity index (χ2v) is 5.71. The van der Waals surface area contributed by atoms with Crippen molar-refractivity contribution in [1.82, 2.24) is 15.0 Å². The molecule has 0 saturated heterocycles. The molecule has 0 bridgehead atoms. The Hall–Kier alpha value is -1.43. The van der Waals surface area contributed by atoms with Crippen LogP contribution in [-0.4, -0.2) is 39.2 Å². The largest absolute Gasteiger partial charge is 0.480 e. The number of nitrogens with zero attached hydrogens (tertiary/aromatic N) is 3. The molecule has 1 heterocycles. The van der Waals surface area contributed by atoms with Crippen LogP contribution >= 0.6 is 0 Å². The number of aliphatic carboxylic acids is 1. The van der Waals surface area contributed by atoms with Crippen LogP contribution in [0.1, 0.15) is 38.4 Å². The van der Waals surface area contributed by atoms with E-state index in [2.05, 4.69) is 24.0 Å². The molecule has 0 unspecified atom stereocenters. The monoisotopic (exact) mass is 267 g/mol. The summed E-state index contributed by atoms with van der Waals surface area (Å²) in [6, 6.07) is 0. The van der Waals surface area contributed by atoms with Crippen molar-refractivity contribution >= 4 is 5.97 Å². The zero-order valence-electron chi connectivity index (χ0n) is 11.5. The molecule has 6 heteroatoms. The highest BCUT2D eigenvalue weighted by Gasteiger charge is 2.26. The van der Waals surface area contributed by atoms with Crippen molar-refractivity contribution in [3.63, 3.8) is 0 Å². The molecule has 0 amide bonds. The number of hydrogen-bond donors (Lipinski definition) is 1. The van der Waals surface area contributed by atoms with E-state index in [-0.39, 0.29) is 6.54 Å². The van der Waals surface area contributed by atoms with E-state index >= 15 is 0 Å². The third-order valence-electron chi connectivity index (χ3n) is 3.03. The fourth-order valence-electron chi connectivity index (χ4n) is 2.03. The lowest BCUT2D eigenvalue weighted by atomic mass is 10.1. The predicted octanol–water partition coefficient (Wildman–Crippen LogP) is 1.56. The van der Waals surface area contributed by atoms with Crippen molar-refractivity contribution < 1.29 is 14.4 Å². The molecule has 0 aromatic carbocycles.